The van der Waals surface area contributed by atoms with Crippen LogP contribution < -0.4 is 20.6 Å². The molecule has 6 atom stereocenters. The highest BCUT2D eigenvalue weighted by Gasteiger charge is 2.54. The number of hydrogen-bond acceptors (Lipinski definition) is 14. The molecule has 0 aromatic carbocycles. The van der Waals surface area contributed by atoms with Crippen LogP contribution in [0.1, 0.15) is 78.4 Å². The highest BCUT2D eigenvalue weighted by atomic mass is 31.2. The molecule has 3 heterocycles. The number of nitrogens with two attached hydrogens (primary N) is 1. The van der Waals surface area contributed by atoms with E-state index in [-0.39, 0.29) is 35.2 Å². The van der Waals surface area contributed by atoms with E-state index in [9.17, 15) is 24.4 Å². The third-order valence-electron chi connectivity index (χ3n) is 8.63. The molecule has 3 fully saturated rings. The number of imidazole rings is 1. The highest BCUT2D eigenvalue weighted by molar-refractivity contribution is 7.54. The number of anilines is 1. The zero-order valence-electron chi connectivity index (χ0n) is 26.5. The Hall–Kier alpha value is -2.92. The van der Waals surface area contributed by atoms with Crippen molar-refractivity contribution in [2.24, 2.45) is 0 Å². The van der Waals surface area contributed by atoms with E-state index in [0.29, 0.717) is 0 Å². The molecule has 6 N–H and O–H groups in total. The van der Waals surface area contributed by atoms with E-state index in [1.54, 1.807) is 0 Å². The van der Waals surface area contributed by atoms with Crippen molar-refractivity contribution < 1.29 is 47.8 Å². The van der Waals surface area contributed by atoms with Crippen molar-refractivity contribution in [1.29, 1.82) is 0 Å². The molecule has 0 amide bonds. The molecule has 2 aromatic heterocycles. The molecule has 0 radical (unpaired) electrons. The van der Waals surface area contributed by atoms with E-state index in [0.717, 1.165) is 51.4 Å². The molecule has 2 aliphatic carbocycles. The van der Waals surface area contributed by atoms with Gasteiger partial charge in [0.2, 0.25) is 11.8 Å². The lowest BCUT2D eigenvalue weighted by atomic mass is 9.96. The van der Waals surface area contributed by atoms with Gasteiger partial charge < -0.3 is 39.4 Å². The first-order valence-corrected chi connectivity index (χ1v) is 17.2. The number of rotatable bonds is 13. The minimum atomic E-state index is -4.23. The first-order valence-electron chi connectivity index (χ1n) is 15.6. The maximum absolute atomic E-state index is 14.2. The van der Waals surface area contributed by atoms with E-state index in [2.05, 4.69) is 25.1 Å². The Bertz CT molecular complexity index is 1400. The molecule has 1 saturated heterocycles. The maximum atomic E-state index is 14.2. The maximum Gasteiger partial charge on any atom is 0.342 e. The average Bonchev–Trinajstić information content (AvgIpc) is 3.81. The van der Waals surface area contributed by atoms with E-state index >= 15 is 0 Å². The number of fused-ring (bicyclic) bond motifs is 1. The predicted molar refractivity (Wildman–Crippen MR) is 162 cm³/mol. The Morgan fingerprint density at radius 2 is 1.63 bits per heavy atom. The summed E-state index contributed by atoms with van der Waals surface area (Å²) in [5.74, 6) is -1.24. The van der Waals surface area contributed by atoms with Crippen LogP contribution in [-0.2, 0) is 32.9 Å². The number of hydrogen-bond donors (Lipinski definition) is 5. The fourth-order valence-electron chi connectivity index (χ4n) is 6.05. The summed E-state index contributed by atoms with van der Waals surface area (Å²) in [6, 6.07) is -2.17. The van der Waals surface area contributed by atoms with Crippen molar-refractivity contribution in [2.45, 2.75) is 120 Å². The lowest BCUT2D eigenvalue weighted by Crippen LogP contribution is -2.46. The Balaban J connectivity index is 1.32. The molecule has 1 aliphatic heterocycles. The number of aliphatic hydroxyl groups excluding tert-OH is 1. The van der Waals surface area contributed by atoms with Crippen LogP contribution in [0.15, 0.2) is 6.33 Å². The molecule has 3 aliphatic rings. The van der Waals surface area contributed by atoms with Gasteiger partial charge in [-0.2, -0.15) is 9.97 Å². The summed E-state index contributed by atoms with van der Waals surface area (Å²) >= 11 is 0. The number of ether oxygens (including phenoxy) is 4. The minimum absolute atomic E-state index is 0.108. The first-order chi connectivity index (χ1) is 21.8. The van der Waals surface area contributed by atoms with Gasteiger partial charge in [-0.3, -0.25) is 18.7 Å². The van der Waals surface area contributed by atoms with Gasteiger partial charge >= 0.3 is 19.6 Å². The number of carbonyl (C=O) groups excluding carboxylic acids is 2. The van der Waals surface area contributed by atoms with Gasteiger partial charge in [0.1, 0.15) is 42.1 Å². The number of aromatic nitrogens is 4. The second-order valence-electron chi connectivity index (χ2n) is 12.3. The van der Waals surface area contributed by atoms with Gasteiger partial charge in [0, 0.05) is 0 Å². The molecular formula is C28H44N7O10P. The van der Waals surface area contributed by atoms with Gasteiger partial charge in [0.25, 0.3) is 0 Å². The van der Waals surface area contributed by atoms with Crippen molar-refractivity contribution in [2.75, 3.05) is 19.5 Å². The van der Waals surface area contributed by atoms with Crippen molar-refractivity contribution in [3.05, 3.63) is 6.33 Å². The zero-order chi connectivity index (χ0) is 33.2. The summed E-state index contributed by atoms with van der Waals surface area (Å²) < 4.78 is 43.8. The summed E-state index contributed by atoms with van der Waals surface area (Å²) in [4.78, 5) is 38.2. The molecule has 2 aromatic rings. The van der Waals surface area contributed by atoms with E-state index in [4.69, 9.17) is 29.2 Å². The van der Waals surface area contributed by atoms with Gasteiger partial charge in [-0.05, 0) is 72.1 Å². The van der Waals surface area contributed by atoms with Crippen LogP contribution in [-0.4, -0.2) is 97.5 Å². The number of nitrogen functional groups attached to an aromatic ring is 1. The summed E-state index contributed by atoms with van der Waals surface area (Å²) in [5, 5.41) is 27.8. The summed E-state index contributed by atoms with van der Waals surface area (Å²) in [7, 11) is -2.84. The van der Waals surface area contributed by atoms with Crippen LogP contribution in [0.25, 0.3) is 11.2 Å². The predicted octanol–water partition coefficient (Wildman–Crippen LogP) is 1.48. The molecule has 17 nitrogen and oxygen atoms in total. The molecular weight excluding hydrogens is 625 g/mol. The Labute approximate surface area is 266 Å². The van der Waals surface area contributed by atoms with E-state index < -0.39 is 62.3 Å². The normalized spacial score (nSPS) is 28.3. The lowest BCUT2D eigenvalue weighted by Gasteiger charge is -2.28. The molecule has 18 heteroatoms. The van der Waals surface area contributed by atoms with E-state index in [1.165, 1.54) is 38.8 Å². The van der Waals surface area contributed by atoms with Crippen molar-refractivity contribution >= 4 is 36.7 Å². The Kier molecular flexibility index (Phi) is 10.5. The highest BCUT2D eigenvalue weighted by Crippen LogP contribution is 2.44. The number of esters is 2. The quantitative estimate of drug-likeness (QED) is 0.150. The number of carbonyl (C=O) groups is 2. The van der Waals surface area contributed by atoms with Gasteiger partial charge in [0.05, 0.1) is 20.0 Å². The molecule has 0 spiro atoms. The zero-order valence-corrected chi connectivity index (χ0v) is 27.4. The second kappa shape index (κ2) is 14.1. The molecule has 6 unspecified atom stereocenters. The van der Waals surface area contributed by atoms with Gasteiger partial charge in [-0.15, -0.1) is 0 Å². The molecule has 2 saturated carbocycles. The van der Waals surface area contributed by atoms with Gasteiger partial charge in [0.15, 0.2) is 17.4 Å². The lowest BCUT2D eigenvalue weighted by molar-refractivity contribution is -0.150. The van der Waals surface area contributed by atoms with Crippen molar-refractivity contribution in [1.82, 2.24) is 29.7 Å². The van der Waals surface area contributed by atoms with Crippen molar-refractivity contribution in [3.63, 3.8) is 0 Å². The largest absolute Gasteiger partial charge is 0.479 e. The van der Waals surface area contributed by atoms with Crippen LogP contribution in [0.3, 0.4) is 0 Å². The summed E-state index contributed by atoms with van der Waals surface area (Å²) in [5.41, 5.74) is 4.36. The molecule has 0 bridgehead atoms. The van der Waals surface area contributed by atoms with Crippen LogP contribution in [0.5, 0.6) is 5.88 Å². The second-order valence-corrected chi connectivity index (χ2v) is 14.2. The van der Waals surface area contributed by atoms with Crippen LogP contribution in [0.4, 0.5) is 5.95 Å². The Morgan fingerprint density at radius 3 is 2.15 bits per heavy atom. The van der Waals surface area contributed by atoms with Crippen molar-refractivity contribution in [3.8, 4) is 5.88 Å². The van der Waals surface area contributed by atoms with Gasteiger partial charge in [-0.1, -0.05) is 0 Å². The van der Waals surface area contributed by atoms with E-state index in [1.807, 2.05) is 0 Å². The third kappa shape index (κ3) is 7.46. The summed E-state index contributed by atoms with van der Waals surface area (Å²) in [6.45, 7) is 3.79. The van der Waals surface area contributed by atoms with Crippen LogP contribution in [0.2, 0.25) is 0 Å². The number of aliphatic hydroxyl groups is 2. The fourth-order valence-corrected chi connectivity index (χ4v) is 7.86. The average molecular weight is 670 g/mol. The first kappa shape index (κ1) is 34.4. The minimum Gasteiger partial charge on any atom is -0.479 e. The number of methoxy groups -OCH3 is 1. The molecule has 46 heavy (non-hydrogen) atoms. The smallest absolute Gasteiger partial charge is 0.342 e. The monoisotopic (exact) mass is 669 g/mol. The molecule has 5 rings (SSSR count). The molecule has 256 valence electrons. The number of nitrogens with one attached hydrogen (secondary N) is 2. The van der Waals surface area contributed by atoms with Crippen LogP contribution in [0, 0.1) is 0 Å². The topological polar surface area (TPSA) is 231 Å². The third-order valence-corrected chi connectivity index (χ3v) is 10.6. The fraction of sp³-hybridized carbons (Fsp3) is 0.750. The standard InChI is InChI=1S/C28H44N7O10P/c1-15(24(37)43-17-9-5-6-10-17)33-46(40,34-16(2)25(38)44-18-11-7-8-12-18)42-13-19-21(36)28(3,39)26(45-19)35-14-30-20-22(35)31-27(29)32-23(20)41-4/h14-19,21,26,36,39H,5-13H2,1-4H3,(H2,29,31,32)(H2,33,34,40). The Morgan fingerprint density at radius 1 is 1.09 bits per heavy atom. The number of nitrogens with zero attached hydrogens (tertiary/aromatic N) is 4. The SMILES string of the molecule is COc1nc(N)nc2c1ncn2C1OC(COP(=O)(NC(C)C(=O)OC2CCCC2)NC(C)C(=O)OC2CCCC2)C(O)C1(C)O. The summed E-state index contributed by atoms with van der Waals surface area (Å²) in [6.07, 6.45) is 3.75. The van der Waals surface area contributed by atoms with Gasteiger partial charge in [-0.25, -0.2) is 15.2 Å². The van der Waals surface area contributed by atoms with Crippen LogP contribution >= 0.6 is 7.67 Å².